The lowest BCUT2D eigenvalue weighted by Crippen LogP contribution is -2.21. The minimum atomic E-state index is 0.747. The standard InChI is InChI=1S/C15H21NS/c1-12(2)10-16-9-5-6-13-11-17-15-8-4-3-7-14(13)15/h3-4,7-8,11-12,16H,5-6,9-10H2,1-2H3. The summed E-state index contributed by atoms with van der Waals surface area (Å²) >= 11 is 1.86. The van der Waals surface area contributed by atoms with Crippen LogP contribution >= 0.6 is 11.3 Å². The lowest BCUT2D eigenvalue weighted by atomic mass is 10.1. The topological polar surface area (TPSA) is 12.0 Å². The summed E-state index contributed by atoms with van der Waals surface area (Å²) in [6.07, 6.45) is 2.42. The molecule has 0 aliphatic carbocycles. The molecule has 17 heavy (non-hydrogen) atoms. The van der Waals surface area contributed by atoms with Gasteiger partial charge in [-0.15, -0.1) is 11.3 Å². The van der Waals surface area contributed by atoms with Crippen molar-refractivity contribution >= 4 is 21.4 Å². The molecule has 0 fully saturated rings. The van der Waals surface area contributed by atoms with E-state index in [4.69, 9.17) is 0 Å². The van der Waals surface area contributed by atoms with Crippen LogP contribution in [0.15, 0.2) is 29.6 Å². The van der Waals surface area contributed by atoms with E-state index in [9.17, 15) is 0 Å². The zero-order chi connectivity index (χ0) is 12.1. The molecular weight excluding hydrogens is 226 g/mol. The molecule has 0 aliphatic rings. The smallest absolute Gasteiger partial charge is 0.0345 e. The van der Waals surface area contributed by atoms with E-state index >= 15 is 0 Å². The maximum atomic E-state index is 3.50. The summed E-state index contributed by atoms with van der Waals surface area (Å²) in [5.74, 6) is 0.747. The second-order valence-electron chi connectivity index (χ2n) is 4.96. The van der Waals surface area contributed by atoms with Gasteiger partial charge in [0.25, 0.3) is 0 Å². The number of rotatable bonds is 6. The van der Waals surface area contributed by atoms with Crippen molar-refractivity contribution < 1.29 is 0 Å². The van der Waals surface area contributed by atoms with Crippen molar-refractivity contribution in [3.63, 3.8) is 0 Å². The number of aryl methyl sites for hydroxylation is 1. The number of benzene rings is 1. The monoisotopic (exact) mass is 247 g/mol. The van der Waals surface area contributed by atoms with E-state index in [-0.39, 0.29) is 0 Å². The minimum Gasteiger partial charge on any atom is -0.316 e. The molecular formula is C15H21NS. The van der Waals surface area contributed by atoms with Gasteiger partial charge in [-0.3, -0.25) is 0 Å². The molecule has 0 bridgehead atoms. The van der Waals surface area contributed by atoms with E-state index in [0.29, 0.717) is 0 Å². The number of fused-ring (bicyclic) bond motifs is 1. The summed E-state index contributed by atoms with van der Waals surface area (Å²) < 4.78 is 1.41. The first-order chi connectivity index (χ1) is 8.27. The molecule has 0 aliphatic heterocycles. The van der Waals surface area contributed by atoms with Gasteiger partial charge in [0.2, 0.25) is 0 Å². The molecule has 0 unspecified atom stereocenters. The second-order valence-corrected chi connectivity index (χ2v) is 5.87. The summed E-state index contributed by atoms with van der Waals surface area (Å²) in [6.45, 7) is 6.76. The van der Waals surface area contributed by atoms with E-state index in [1.165, 1.54) is 28.5 Å². The van der Waals surface area contributed by atoms with Gasteiger partial charge in [-0.1, -0.05) is 32.0 Å². The van der Waals surface area contributed by atoms with Crippen molar-refractivity contribution in [3.8, 4) is 0 Å². The molecule has 1 aromatic carbocycles. The van der Waals surface area contributed by atoms with Crippen LogP contribution in [-0.4, -0.2) is 13.1 Å². The highest BCUT2D eigenvalue weighted by Crippen LogP contribution is 2.26. The molecule has 2 heteroatoms. The third-order valence-electron chi connectivity index (χ3n) is 2.91. The Labute approximate surface area is 108 Å². The van der Waals surface area contributed by atoms with Gasteiger partial charge in [0.15, 0.2) is 0 Å². The number of hydrogen-bond acceptors (Lipinski definition) is 2. The summed E-state index contributed by atoms with van der Waals surface area (Å²) in [5.41, 5.74) is 1.51. The van der Waals surface area contributed by atoms with Gasteiger partial charge in [-0.25, -0.2) is 0 Å². The molecule has 1 nitrogen and oxygen atoms in total. The Hall–Kier alpha value is -0.860. The predicted molar refractivity (Wildman–Crippen MR) is 77.9 cm³/mol. The maximum absolute atomic E-state index is 3.50. The van der Waals surface area contributed by atoms with E-state index in [2.05, 4.69) is 48.8 Å². The van der Waals surface area contributed by atoms with Crippen molar-refractivity contribution in [1.82, 2.24) is 5.32 Å². The molecule has 1 heterocycles. The average Bonchev–Trinajstić information content (AvgIpc) is 2.72. The molecule has 0 amide bonds. The van der Waals surface area contributed by atoms with Crippen LogP contribution in [0.25, 0.3) is 10.1 Å². The first kappa shape index (κ1) is 12.6. The van der Waals surface area contributed by atoms with Gasteiger partial charge in [-0.05, 0) is 54.2 Å². The molecule has 1 N–H and O–H groups in total. The van der Waals surface area contributed by atoms with Gasteiger partial charge in [0.05, 0.1) is 0 Å². The van der Waals surface area contributed by atoms with Crippen molar-refractivity contribution in [2.45, 2.75) is 26.7 Å². The van der Waals surface area contributed by atoms with Crippen LogP contribution < -0.4 is 5.32 Å². The molecule has 2 aromatic rings. The van der Waals surface area contributed by atoms with Crippen LogP contribution in [0.5, 0.6) is 0 Å². The zero-order valence-corrected chi connectivity index (χ0v) is 11.5. The summed E-state index contributed by atoms with van der Waals surface area (Å²) in [4.78, 5) is 0. The molecule has 0 saturated heterocycles. The zero-order valence-electron chi connectivity index (χ0n) is 10.7. The Balaban J connectivity index is 1.83. The van der Waals surface area contributed by atoms with Crippen LogP contribution in [0.1, 0.15) is 25.8 Å². The Morgan fingerprint density at radius 2 is 2.06 bits per heavy atom. The molecule has 0 spiro atoms. The Morgan fingerprint density at radius 3 is 2.88 bits per heavy atom. The third-order valence-corrected chi connectivity index (χ3v) is 3.93. The quantitative estimate of drug-likeness (QED) is 0.758. The van der Waals surface area contributed by atoms with E-state index < -0.39 is 0 Å². The highest BCUT2D eigenvalue weighted by Gasteiger charge is 2.02. The fourth-order valence-corrected chi connectivity index (χ4v) is 3.02. The first-order valence-electron chi connectivity index (χ1n) is 6.43. The van der Waals surface area contributed by atoms with Crippen LogP contribution in [-0.2, 0) is 6.42 Å². The van der Waals surface area contributed by atoms with Gasteiger partial charge < -0.3 is 5.32 Å². The highest BCUT2D eigenvalue weighted by molar-refractivity contribution is 7.17. The fourth-order valence-electron chi connectivity index (χ4n) is 2.02. The number of hydrogen-bond donors (Lipinski definition) is 1. The van der Waals surface area contributed by atoms with Gasteiger partial charge in [0.1, 0.15) is 0 Å². The second kappa shape index (κ2) is 6.18. The van der Waals surface area contributed by atoms with E-state index in [1.54, 1.807) is 0 Å². The van der Waals surface area contributed by atoms with E-state index in [1.807, 2.05) is 11.3 Å². The van der Waals surface area contributed by atoms with Crippen molar-refractivity contribution in [3.05, 3.63) is 35.2 Å². The molecule has 0 atom stereocenters. The molecule has 2 rings (SSSR count). The Bertz CT molecular complexity index is 459. The lowest BCUT2D eigenvalue weighted by Gasteiger charge is -2.06. The Kier molecular flexibility index (Phi) is 4.57. The highest BCUT2D eigenvalue weighted by atomic mass is 32.1. The van der Waals surface area contributed by atoms with Crippen LogP contribution in [0, 0.1) is 5.92 Å². The minimum absolute atomic E-state index is 0.747. The van der Waals surface area contributed by atoms with Crippen molar-refractivity contribution in [2.24, 2.45) is 5.92 Å². The Morgan fingerprint density at radius 1 is 1.24 bits per heavy atom. The van der Waals surface area contributed by atoms with Crippen LogP contribution in [0.3, 0.4) is 0 Å². The van der Waals surface area contributed by atoms with E-state index in [0.717, 1.165) is 19.0 Å². The summed E-state index contributed by atoms with van der Waals surface area (Å²) in [7, 11) is 0. The number of thiophene rings is 1. The SMILES string of the molecule is CC(C)CNCCCc1csc2ccccc12. The van der Waals surface area contributed by atoms with Gasteiger partial charge in [0, 0.05) is 4.70 Å². The summed E-state index contributed by atoms with van der Waals surface area (Å²) in [5, 5.41) is 7.26. The number of nitrogens with one attached hydrogen (secondary N) is 1. The lowest BCUT2D eigenvalue weighted by molar-refractivity contribution is 0.543. The first-order valence-corrected chi connectivity index (χ1v) is 7.31. The normalized spacial score (nSPS) is 11.5. The average molecular weight is 247 g/mol. The van der Waals surface area contributed by atoms with Crippen molar-refractivity contribution in [2.75, 3.05) is 13.1 Å². The third kappa shape index (κ3) is 3.55. The van der Waals surface area contributed by atoms with Crippen LogP contribution in [0.2, 0.25) is 0 Å². The van der Waals surface area contributed by atoms with Gasteiger partial charge >= 0.3 is 0 Å². The molecule has 92 valence electrons. The van der Waals surface area contributed by atoms with Crippen molar-refractivity contribution in [1.29, 1.82) is 0 Å². The molecule has 0 radical (unpaired) electrons. The summed E-state index contributed by atoms with van der Waals surface area (Å²) in [6, 6.07) is 8.70. The molecule has 0 saturated carbocycles. The van der Waals surface area contributed by atoms with Gasteiger partial charge in [-0.2, -0.15) is 0 Å². The predicted octanol–water partition coefficient (Wildman–Crippen LogP) is 4.08. The maximum Gasteiger partial charge on any atom is 0.0345 e. The van der Waals surface area contributed by atoms with Crippen LogP contribution in [0.4, 0.5) is 0 Å². The molecule has 1 aromatic heterocycles. The fraction of sp³-hybridized carbons (Fsp3) is 0.467. The largest absolute Gasteiger partial charge is 0.316 e.